The molecule has 3 amide bonds. The number of nitrogens with zero attached hydrogens (tertiary/aromatic N) is 1. The van der Waals surface area contributed by atoms with Gasteiger partial charge in [0.15, 0.2) is 0 Å². The zero-order valence-electron chi connectivity index (χ0n) is 12.3. The van der Waals surface area contributed by atoms with E-state index in [9.17, 15) is 14.4 Å². The molecule has 0 aliphatic heterocycles. The first-order valence-corrected chi connectivity index (χ1v) is 6.67. The van der Waals surface area contributed by atoms with E-state index in [0.29, 0.717) is 12.0 Å². The van der Waals surface area contributed by atoms with Crippen LogP contribution in [0.15, 0.2) is 24.5 Å². The zero-order valence-corrected chi connectivity index (χ0v) is 12.3. The number of nitrogens with one attached hydrogen (secondary N) is 3. The molecular formula is C14H20N4O3. The van der Waals surface area contributed by atoms with E-state index in [1.807, 2.05) is 13.8 Å². The van der Waals surface area contributed by atoms with Crippen LogP contribution in [0.2, 0.25) is 0 Å². The minimum absolute atomic E-state index is 0.225. The van der Waals surface area contributed by atoms with Crippen molar-refractivity contribution in [3.05, 3.63) is 30.1 Å². The predicted octanol–water partition coefficient (Wildman–Crippen LogP) is 0.393. The molecule has 0 aromatic carbocycles. The van der Waals surface area contributed by atoms with E-state index >= 15 is 0 Å². The van der Waals surface area contributed by atoms with Crippen LogP contribution in [0, 0.1) is 5.92 Å². The van der Waals surface area contributed by atoms with Crippen LogP contribution in [0.25, 0.3) is 0 Å². The number of carbonyl (C=O) groups excluding carboxylic acids is 3. The Bertz CT molecular complexity index is 502. The minimum Gasteiger partial charge on any atom is -0.344 e. The topological polar surface area (TPSA) is 100 Å². The molecule has 0 saturated heterocycles. The summed E-state index contributed by atoms with van der Waals surface area (Å²) in [5, 5.41) is 2.56. The van der Waals surface area contributed by atoms with Crippen molar-refractivity contribution in [2.75, 3.05) is 0 Å². The van der Waals surface area contributed by atoms with E-state index in [1.165, 1.54) is 31.5 Å². The molecule has 1 aromatic rings. The predicted molar refractivity (Wildman–Crippen MR) is 76.9 cm³/mol. The number of rotatable bonds is 5. The van der Waals surface area contributed by atoms with Crippen molar-refractivity contribution < 1.29 is 14.4 Å². The van der Waals surface area contributed by atoms with Crippen LogP contribution >= 0.6 is 0 Å². The van der Waals surface area contributed by atoms with Gasteiger partial charge in [0.2, 0.25) is 5.91 Å². The zero-order chi connectivity index (χ0) is 15.8. The first-order chi connectivity index (χ1) is 9.90. The number of hydrogen-bond donors (Lipinski definition) is 3. The molecule has 0 fully saturated rings. The number of pyridine rings is 1. The third-order valence-electron chi connectivity index (χ3n) is 2.64. The van der Waals surface area contributed by atoms with Gasteiger partial charge in [-0.25, -0.2) is 0 Å². The lowest BCUT2D eigenvalue weighted by Crippen LogP contribution is -2.52. The highest BCUT2D eigenvalue weighted by atomic mass is 16.2. The van der Waals surface area contributed by atoms with Crippen molar-refractivity contribution in [3.8, 4) is 0 Å². The fourth-order valence-electron chi connectivity index (χ4n) is 1.73. The first kappa shape index (κ1) is 16.6. The average molecular weight is 292 g/mol. The van der Waals surface area contributed by atoms with Crippen molar-refractivity contribution in [2.24, 2.45) is 5.92 Å². The Morgan fingerprint density at radius 1 is 1.14 bits per heavy atom. The van der Waals surface area contributed by atoms with Gasteiger partial charge < -0.3 is 5.32 Å². The standard InChI is InChI=1S/C14H20N4O3/c1-9(2)8-12(16-10(3)19)14(21)18-17-13(20)11-4-6-15-7-5-11/h4-7,9,12H,8H2,1-3H3,(H,16,19)(H,17,20)(H,18,21)/t12-/m0/s1. The molecule has 1 heterocycles. The van der Waals surface area contributed by atoms with Crippen molar-refractivity contribution in [1.29, 1.82) is 0 Å². The van der Waals surface area contributed by atoms with Crippen LogP contribution in [-0.2, 0) is 9.59 Å². The molecule has 0 bridgehead atoms. The van der Waals surface area contributed by atoms with E-state index in [2.05, 4.69) is 21.2 Å². The summed E-state index contributed by atoms with van der Waals surface area (Å²) in [6.07, 6.45) is 3.45. The van der Waals surface area contributed by atoms with Gasteiger partial charge in [0, 0.05) is 24.9 Å². The summed E-state index contributed by atoms with van der Waals surface area (Å²) in [5.74, 6) is -0.974. The van der Waals surface area contributed by atoms with Gasteiger partial charge in [-0.15, -0.1) is 0 Å². The van der Waals surface area contributed by atoms with Crippen molar-refractivity contribution in [1.82, 2.24) is 21.2 Å². The summed E-state index contributed by atoms with van der Waals surface area (Å²) in [4.78, 5) is 38.7. The van der Waals surface area contributed by atoms with Crippen LogP contribution in [0.3, 0.4) is 0 Å². The third kappa shape index (κ3) is 6.03. The fourth-order valence-corrected chi connectivity index (χ4v) is 1.73. The lowest BCUT2D eigenvalue weighted by molar-refractivity contribution is -0.129. The fraction of sp³-hybridized carbons (Fsp3) is 0.429. The second-order valence-corrected chi connectivity index (χ2v) is 5.06. The SMILES string of the molecule is CC(=O)N[C@@H](CC(C)C)C(=O)NNC(=O)c1ccncc1. The van der Waals surface area contributed by atoms with Gasteiger partial charge >= 0.3 is 0 Å². The summed E-state index contributed by atoms with van der Waals surface area (Å²) in [6.45, 7) is 5.23. The highest BCUT2D eigenvalue weighted by molar-refractivity contribution is 5.96. The van der Waals surface area contributed by atoms with Crippen molar-refractivity contribution in [2.45, 2.75) is 33.2 Å². The van der Waals surface area contributed by atoms with Crippen molar-refractivity contribution in [3.63, 3.8) is 0 Å². The summed E-state index contributed by atoms with van der Waals surface area (Å²) in [7, 11) is 0. The normalized spacial score (nSPS) is 11.6. The minimum atomic E-state index is -0.680. The van der Waals surface area contributed by atoms with Crippen LogP contribution < -0.4 is 16.2 Å². The second-order valence-electron chi connectivity index (χ2n) is 5.06. The number of carbonyl (C=O) groups is 3. The van der Waals surface area contributed by atoms with Gasteiger partial charge in [-0.2, -0.15) is 0 Å². The van der Waals surface area contributed by atoms with Crippen LogP contribution in [0.5, 0.6) is 0 Å². The van der Waals surface area contributed by atoms with Crippen LogP contribution in [-0.4, -0.2) is 28.7 Å². The van der Waals surface area contributed by atoms with Crippen LogP contribution in [0.1, 0.15) is 37.6 Å². The quantitative estimate of drug-likeness (QED) is 0.684. The highest BCUT2D eigenvalue weighted by Gasteiger charge is 2.21. The molecule has 7 nitrogen and oxygen atoms in total. The molecular weight excluding hydrogens is 272 g/mol. The Morgan fingerprint density at radius 3 is 2.29 bits per heavy atom. The molecule has 3 N–H and O–H groups in total. The number of hydrogen-bond acceptors (Lipinski definition) is 4. The highest BCUT2D eigenvalue weighted by Crippen LogP contribution is 2.04. The van der Waals surface area contributed by atoms with Gasteiger partial charge in [-0.3, -0.25) is 30.2 Å². The molecule has 1 aromatic heterocycles. The summed E-state index contributed by atoms with van der Waals surface area (Å²) in [5.41, 5.74) is 5.01. The van der Waals surface area contributed by atoms with E-state index < -0.39 is 17.9 Å². The lowest BCUT2D eigenvalue weighted by Gasteiger charge is -2.19. The Labute approximate surface area is 123 Å². The molecule has 0 unspecified atom stereocenters. The van der Waals surface area contributed by atoms with E-state index in [0.717, 1.165) is 0 Å². The first-order valence-electron chi connectivity index (χ1n) is 6.67. The maximum atomic E-state index is 12.0. The molecule has 0 spiro atoms. The van der Waals surface area contributed by atoms with E-state index in [1.54, 1.807) is 0 Å². The van der Waals surface area contributed by atoms with Gasteiger partial charge in [0.05, 0.1) is 0 Å². The summed E-state index contributed by atoms with van der Waals surface area (Å²) in [6, 6.07) is 2.38. The summed E-state index contributed by atoms with van der Waals surface area (Å²) < 4.78 is 0. The third-order valence-corrected chi connectivity index (χ3v) is 2.64. The Kier molecular flexibility index (Phi) is 6.32. The number of hydrazine groups is 1. The molecule has 1 rings (SSSR count). The van der Waals surface area contributed by atoms with Gasteiger partial charge in [0.1, 0.15) is 6.04 Å². The maximum Gasteiger partial charge on any atom is 0.269 e. The van der Waals surface area contributed by atoms with Gasteiger partial charge in [-0.05, 0) is 24.5 Å². The van der Waals surface area contributed by atoms with Crippen LogP contribution in [0.4, 0.5) is 0 Å². The van der Waals surface area contributed by atoms with E-state index in [-0.39, 0.29) is 11.8 Å². The smallest absolute Gasteiger partial charge is 0.269 e. The molecule has 0 aliphatic carbocycles. The molecule has 1 atom stereocenters. The Hall–Kier alpha value is -2.44. The molecule has 0 aliphatic rings. The molecule has 21 heavy (non-hydrogen) atoms. The van der Waals surface area contributed by atoms with Gasteiger partial charge in [0.25, 0.3) is 11.8 Å². The summed E-state index contributed by atoms with van der Waals surface area (Å²) >= 11 is 0. The number of amides is 3. The molecule has 0 saturated carbocycles. The largest absolute Gasteiger partial charge is 0.344 e. The lowest BCUT2D eigenvalue weighted by atomic mass is 10.0. The Morgan fingerprint density at radius 2 is 1.76 bits per heavy atom. The maximum absolute atomic E-state index is 12.0. The second kappa shape index (κ2) is 7.98. The van der Waals surface area contributed by atoms with E-state index in [4.69, 9.17) is 0 Å². The molecule has 0 radical (unpaired) electrons. The van der Waals surface area contributed by atoms with Crippen molar-refractivity contribution >= 4 is 17.7 Å². The average Bonchev–Trinajstić information content (AvgIpc) is 2.43. The number of aromatic nitrogens is 1. The molecule has 7 heteroatoms. The molecule has 114 valence electrons. The van der Waals surface area contributed by atoms with Gasteiger partial charge in [-0.1, -0.05) is 13.8 Å². The monoisotopic (exact) mass is 292 g/mol. The Balaban J connectivity index is 2.57.